The minimum absolute atomic E-state index is 0.166. The van der Waals surface area contributed by atoms with E-state index in [1.165, 1.54) is 12.1 Å². The smallest absolute Gasteiger partial charge is 0.305 e. The number of carbonyl (C=O) groups excluding carboxylic acids is 1. The molecular formula is C19H29FN4O2. The van der Waals surface area contributed by atoms with E-state index in [1.54, 1.807) is 0 Å². The van der Waals surface area contributed by atoms with Crippen LogP contribution in [0.4, 0.5) is 10.1 Å². The highest BCUT2D eigenvalue weighted by atomic mass is 19.1. The van der Waals surface area contributed by atoms with Crippen LogP contribution < -0.4 is 10.2 Å². The van der Waals surface area contributed by atoms with Crippen molar-refractivity contribution in [1.82, 2.24) is 10.2 Å². The molecule has 1 N–H and O–H groups in total. The van der Waals surface area contributed by atoms with Crippen molar-refractivity contribution in [3.8, 4) is 0 Å². The lowest BCUT2D eigenvalue weighted by molar-refractivity contribution is -0.143. The molecule has 1 aromatic rings. The molecule has 26 heavy (non-hydrogen) atoms. The van der Waals surface area contributed by atoms with Crippen LogP contribution in [-0.4, -0.2) is 62.7 Å². The number of nitrogens with one attached hydrogen (secondary N) is 1. The number of carbonyl (C=O) groups is 1. The number of nitrogens with zero attached hydrogens (tertiary/aromatic N) is 3. The van der Waals surface area contributed by atoms with E-state index in [2.05, 4.69) is 20.1 Å². The van der Waals surface area contributed by atoms with Crippen LogP contribution in [0.25, 0.3) is 0 Å². The van der Waals surface area contributed by atoms with Gasteiger partial charge in [0.1, 0.15) is 5.82 Å². The fourth-order valence-corrected chi connectivity index (χ4v) is 2.90. The van der Waals surface area contributed by atoms with Crippen molar-refractivity contribution in [2.24, 2.45) is 4.99 Å². The predicted octanol–water partition coefficient (Wildman–Crippen LogP) is 2.26. The van der Waals surface area contributed by atoms with Gasteiger partial charge >= 0.3 is 5.97 Å². The van der Waals surface area contributed by atoms with Gasteiger partial charge in [0, 0.05) is 51.4 Å². The van der Waals surface area contributed by atoms with Gasteiger partial charge in [0.05, 0.1) is 6.61 Å². The van der Waals surface area contributed by atoms with E-state index in [0.717, 1.165) is 44.4 Å². The van der Waals surface area contributed by atoms with E-state index in [9.17, 15) is 9.18 Å². The first kappa shape index (κ1) is 20.0. The maximum atomic E-state index is 13.1. The van der Waals surface area contributed by atoms with Gasteiger partial charge in [-0.1, -0.05) is 0 Å². The molecule has 1 aliphatic rings. The first-order chi connectivity index (χ1) is 12.6. The maximum Gasteiger partial charge on any atom is 0.305 e. The summed E-state index contributed by atoms with van der Waals surface area (Å²) in [6, 6.07) is 6.63. The van der Waals surface area contributed by atoms with Gasteiger partial charge in [0.15, 0.2) is 5.96 Å². The summed E-state index contributed by atoms with van der Waals surface area (Å²) in [5.74, 6) is 0.507. The fourth-order valence-electron chi connectivity index (χ4n) is 2.90. The Bertz CT molecular complexity index is 584. The van der Waals surface area contributed by atoms with E-state index in [1.807, 2.05) is 26.0 Å². The van der Waals surface area contributed by atoms with E-state index in [-0.39, 0.29) is 11.8 Å². The van der Waals surface area contributed by atoms with E-state index >= 15 is 0 Å². The largest absolute Gasteiger partial charge is 0.466 e. The summed E-state index contributed by atoms with van der Waals surface area (Å²) in [5.41, 5.74) is 1.04. The predicted molar refractivity (Wildman–Crippen MR) is 102 cm³/mol. The Balaban J connectivity index is 1.83. The van der Waals surface area contributed by atoms with Crippen LogP contribution in [0.15, 0.2) is 29.3 Å². The average Bonchev–Trinajstić information content (AvgIpc) is 2.65. The van der Waals surface area contributed by atoms with Gasteiger partial charge in [-0.2, -0.15) is 0 Å². The van der Waals surface area contributed by atoms with Crippen LogP contribution >= 0.6 is 0 Å². The Kier molecular flexibility index (Phi) is 8.18. The molecular weight excluding hydrogens is 335 g/mol. The third-order valence-corrected chi connectivity index (χ3v) is 4.21. The first-order valence-electron chi connectivity index (χ1n) is 9.33. The van der Waals surface area contributed by atoms with E-state index in [0.29, 0.717) is 26.0 Å². The molecule has 1 aliphatic heterocycles. The summed E-state index contributed by atoms with van der Waals surface area (Å²) in [6.07, 6.45) is 1.08. The van der Waals surface area contributed by atoms with Crippen LogP contribution in [0, 0.1) is 5.82 Å². The van der Waals surface area contributed by atoms with Gasteiger partial charge in [-0.15, -0.1) is 0 Å². The third kappa shape index (κ3) is 6.20. The van der Waals surface area contributed by atoms with Crippen LogP contribution in [-0.2, 0) is 9.53 Å². The summed E-state index contributed by atoms with van der Waals surface area (Å²) in [7, 11) is 0. The lowest BCUT2D eigenvalue weighted by atomic mass is 10.2. The maximum absolute atomic E-state index is 13.1. The summed E-state index contributed by atoms with van der Waals surface area (Å²) in [4.78, 5) is 20.5. The number of piperazine rings is 1. The molecule has 0 saturated carbocycles. The molecule has 0 amide bonds. The van der Waals surface area contributed by atoms with Crippen molar-refractivity contribution in [1.29, 1.82) is 0 Å². The minimum atomic E-state index is -0.211. The highest BCUT2D eigenvalue weighted by molar-refractivity contribution is 5.80. The molecule has 1 saturated heterocycles. The van der Waals surface area contributed by atoms with Crippen LogP contribution in [0.5, 0.6) is 0 Å². The topological polar surface area (TPSA) is 57.2 Å². The standard InChI is InChI=1S/C19H29FN4O2/c1-3-21-19(22-11-5-6-18(25)26-4-2)24-14-12-23(13-15-24)17-9-7-16(20)8-10-17/h7-10H,3-6,11-15H2,1-2H3,(H,21,22). The molecule has 0 atom stereocenters. The average molecular weight is 364 g/mol. The molecule has 0 spiro atoms. The zero-order valence-electron chi connectivity index (χ0n) is 15.7. The lowest BCUT2D eigenvalue weighted by Crippen LogP contribution is -2.52. The third-order valence-electron chi connectivity index (χ3n) is 4.21. The molecule has 1 aromatic carbocycles. The van der Waals surface area contributed by atoms with Gasteiger partial charge < -0.3 is 19.9 Å². The Labute approximate surface area is 155 Å². The Hall–Kier alpha value is -2.31. The zero-order valence-corrected chi connectivity index (χ0v) is 15.7. The Morgan fingerprint density at radius 3 is 2.50 bits per heavy atom. The first-order valence-corrected chi connectivity index (χ1v) is 9.33. The molecule has 7 heteroatoms. The molecule has 0 aliphatic carbocycles. The lowest BCUT2D eigenvalue weighted by Gasteiger charge is -2.37. The molecule has 0 radical (unpaired) electrons. The number of halogens is 1. The summed E-state index contributed by atoms with van der Waals surface area (Å²) >= 11 is 0. The Morgan fingerprint density at radius 1 is 1.19 bits per heavy atom. The normalized spacial score (nSPS) is 15.1. The molecule has 144 valence electrons. The van der Waals surface area contributed by atoms with Gasteiger partial charge in [0.25, 0.3) is 0 Å². The number of anilines is 1. The van der Waals surface area contributed by atoms with Crippen molar-refractivity contribution in [2.75, 3.05) is 50.8 Å². The van der Waals surface area contributed by atoms with Gasteiger partial charge in [-0.3, -0.25) is 9.79 Å². The van der Waals surface area contributed by atoms with Crippen LogP contribution in [0.1, 0.15) is 26.7 Å². The molecule has 0 aromatic heterocycles. The van der Waals surface area contributed by atoms with Crippen molar-refractivity contribution < 1.29 is 13.9 Å². The molecule has 6 nitrogen and oxygen atoms in total. The SMILES string of the molecule is CCNC(=NCCCC(=O)OCC)N1CCN(c2ccc(F)cc2)CC1. The molecule has 1 heterocycles. The number of hydrogen-bond donors (Lipinski definition) is 1. The summed E-state index contributed by atoms with van der Waals surface area (Å²) < 4.78 is 18.0. The van der Waals surface area contributed by atoms with Crippen LogP contribution in [0.2, 0.25) is 0 Å². The number of benzene rings is 1. The highest BCUT2D eigenvalue weighted by Crippen LogP contribution is 2.17. The Morgan fingerprint density at radius 2 is 1.88 bits per heavy atom. The summed E-state index contributed by atoms with van der Waals surface area (Å²) in [5, 5.41) is 3.32. The quantitative estimate of drug-likeness (QED) is 0.348. The second kappa shape index (κ2) is 10.6. The number of hydrogen-bond acceptors (Lipinski definition) is 4. The van der Waals surface area contributed by atoms with Crippen molar-refractivity contribution in [2.45, 2.75) is 26.7 Å². The number of esters is 1. The number of rotatable bonds is 7. The zero-order chi connectivity index (χ0) is 18.8. The van der Waals surface area contributed by atoms with Gasteiger partial charge in [-0.05, 0) is 44.5 Å². The molecule has 0 unspecified atom stereocenters. The fraction of sp³-hybridized carbons (Fsp3) is 0.579. The second-order valence-corrected chi connectivity index (χ2v) is 6.09. The van der Waals surface area contributed by atoms with Crippen molar-refractivity contribution in [3.05, 3.63) is 30.1 Å². The molecule has 2 rings (SSSR count). The highest BCUT2D eigenvalue weighted by Gasteiger charge is 2.19. The van der Waals surface area contributed by atoms with E-state index in [4.69, 9.17) is 4.74 Å². The number of ether oxygens (including phenoxy) is 1. The van der Waals surface area contributed by atoms with Gasteiger partial charge in [-0.25, -0.2) is 4.39 Å². The van der Waals surface area contributed by atoms with E-state index < -0.39 is 0 Å². The monoisotopic (exact) mass is 364 g/mol. The minimum Gasteiger partial charge on any atom is -0.466 e. The second-order valence-electron chi connectivity index (χ2n) is 6.09. The van der Waals surface area contributed by atoms with Crippen molar-refractivity contribution >= 4 is 17.6 Å². The summed E-state index contributed by atoms with van der Waals surface area (Å²) in [6.45, 7) is 9.09. The molecule has 1 fully saturated rings. The van der Waals surface area contributed by atoms with Gasteiger partial charge in [0.2, 0.25) is 0 Å². The van der Waals surface area contributed by atoms with Crippen LogP contribution in [0.3, 0.4) is 0 Å². The number of aliphatic imine (C=N–C) groups is 1. The number of guanidine groups is 1. The molecule has 0 bridgehead atoms. The van der Waals surface area contributed by atoms with Crippen molar-refractivity contribution in [3.63, 3.8) is 0 Å².